The van der Waals surface area contributed by atoms with Gasteiger partial charge in [0, 0.05) is 71.3 Å². The number of fused-ring (bicyclic) bond motifs is 4. The van der Waals surface area contributed by atoms with Crippen molar-refractivity contribution in [3.05, 3.63) is 296 Å². The number of pyridine rings is 6. The Balaban J connectivity index is -0.000000504. The third-order valence-corrected chi connectivity index (χ3v) is 13.2. The lowest BCUT2D eigenvalue weighted by molar-refractivity contribution is 1.12. The molecule has 6 heteroatoms. The molecule has 6 nitrogen and oxygen atoms in total. The molecule has 0 bridgehead atoms. The molecule has 0 spiro atoms. The van der Waals surface area contributed by atoms with Crippen LogP contribution in [-0.4, -0.2) is 29.9 Å². The quantitative estimate of drug-likeness (QED) is 0.141. The average Bonchev–Trinajstić information content (AvgIpc) is 0.761. The van der Waals surface area contributed by atoms with Crippen molar-refractivity contribution < 1.29 is 0 Å². The average molecular weight is 1310 g/mol. The first-order valence-electron chi connectivity index (χ1n) is 35.8. The maximum atomic E-state index is 4.17. The van der Waals surface area contributed by atoms with Crippen LogP contribution in [0, 0.1) is 118 Å². The molecule has 6 heterocycles. The normalized spacial score (nSPS) is 8.88. The largest absolute Gasteiger partial charge is 0.264 e. The van der Waals surface area contributed by atoms with Gasteiger partial charge in [-0.25, -0.2) is 0 Å². The van der Waals surface area contributed by atoms with Gasteiger partial charge >= 0.3 is 0 Å². The van der Waals surface area contributed by atoms with Crippen LogP contribution in [0.2, 0.25) is 0 Å². The van der Waals surface area contributed by atoms with E-state index in [4.69, 9.17) is 0 Å². The molecular formula is C91H132N6. The minimum atomic E-state index is 1.08. The van der Waals surface area contributed by atoms with Gasteiger partial charge in [0.25, 0.3) is 0 Å². The van der Waals surface area contributed by atoms with E-state index in [9.17, 15) is 0 Å². The first-order chi connectivity index (χ1) is 46.6. The zero-order valence-corrected chi connectivity index (χ0v) is 67.2. The highest BCUT2D eigenvalue weighted by Crippen LogP contribution is 2.33. The Morgan fingerprint density at radius 3 is 0.866 bits per heavy atom. The van der Waals surface area contributed by atoms with Gasteiger partial charge in [-0.15, -0.1) is 0 Å². The molecule has 6 aromatic carbocycles. The van der Waals surface area contributed by atoms with E-state index in [1.54, 1.807) is 0 Å². The van der Waals surface area contributed by atoms with Gasteiger partial charge < -0.3 is 0 Å². The van der Waals surface area contributed by atoms with Crippen molar-refractivity contribution in [3.8, 4) is 0 Å². The van der Waals surface area contributed by atoms with Crippen LogP contribution in [-0.2, 0) is 0 Å². The molecule has 0 unspecified atom stereocenters. The van der Waals surface area contributed by atoms with Crippen LogP contribution in [0.15, 0.2) is 201 Å². The molecule has 0 aliphatic heterocycles. The molecular weight excluding hydrogens is 1180 g/mol. The third kappa shape index (κ3) is 39.8. The standard InChI is InChI=1S/C17H16.C16H14.6C7H9N.8C2H6/c1-11-7-6-10-16-12(2)14-8-4-5-9-15(14)13(3)17(11)16;1-11-3-5-13-10-16-8-12(2)4-6-14(16)9-15(13)7-11;1-6-3-7(2)5-8-4-6;2*1-6-3-4-8-7(2)5-6;2*1-6-3-4-7(2)8-5-6;1-6-4-3-5-7(2)8-6;8*1-2/h4-10H,1-3H3;3-10H,1-2H3;6*3-5H,1-2H3;8*1-2H3. The lowest BCUT2D eigenvalue weighted by Gasteiger charge is -2.13. The zero-order valence-electron chi connectivity index (χ0n) is 67.2. The van der Waals surface area contributed by atoms with Gasteiger partial charge in [0.05, 0.1) is 0 Å². The Morgan fingerprint density at radius 1 is 0.216 bits per heavy atom. The lowest BCUT2D eigenvalue weighted by Crippen LogP contribution is -1.89. The van der Waals surface area contributed by atoms with Gasteiger partial charge in [0.1, 0.15) is 0 Å². The van der Waals surface area contributed by atoms with Crippen LogP contribution in [0.4, 0.5) is 0 Å². The second kappa shape index (κ2) is 58.6. The number of aryl methyl sites for hydroxylation is 17. The number of aromatic nitrogens is 6. The molecule has 0 saturated carbocycles. The van der Waals surface area contributed by atoms with Crippen LogP contribution in [0.1, 0.15) is 206 Å². The molecule has 0 N–H and O–H groups in total. The minimum absolute atomic E-state index is 1.08. The van der Waals surface area contributed by atoms with E-state index in [2.05, 4.69) is 200 Å². The van der Waals surface area contributed by atoms with Gasteiger partial charge in [-0.1, -0.05) is 225 Å². The van der Waals surface area contributed by atoms with Crippen LogP contribution in [0.25, 0.3) is 43.1 Å². The predicted octanol–water partition coefficient (Wildman–Crippen LogP) is 27.9. The smallest absolute Gasteiger partial charge is 0.0375 e. The molecule has 12 aromatic rings. The van der Waals surface area contributed by atoms with E-state index in [0.717, 1.165) is 34.2 Å². The molecule has 6 aromatic heterocycles. The van der Waals surface area contributed by atoms with E-state index in [-0.39, 0.29) is 0 Å². The fourth-order valence-electron chi connectivity index (χ4n) is 8.97. The topological polar surface area (TPSA) is 77.3 Å². The molecule has 0 saturated heterocycles. The summed E-state index contributed by atoms with van der Waals surface area (Å²) < 4.78 is 0. The van der Waals surface area contributed by atoms with Crippen LogP contribution < -0.4 is 0 Å². The Labute approximate surface area is 594 Å². The fraction of sp³-hybridized carbons (Fsp3) is 0.363. The first-order valence-corrected chi connectivity index (χ1v) is 35.8. The Morgan fingerprint density at radius 2 is 0.567 bits per heavy atom. The minimum Gasteiger partial charge on any atom is -0.264 e. The van der Waals surface area contributed by atoms with Gasteiger partial charge in [0.15, 0.2) is 0 Å². The SMILES string of the molecule is CC.CC.CC.CC.CC.CC.CC.CC.Cc1c2ccccc2c(C)c2c(C)cccc12.Cc1ccc(C)nc1.Cc1ccc(C)nc1.Cc1ccc2cc3cc(C)ccc3cc2c1.Cc1cccc(C)n1.Cc1ccnc(C)c1.Cc1ccnc(C)c1.Cc1cncc(C)c1. The van der Waals surface area contributed by atoms with Crippen molar-refractivity contribution in [1.29, 1.82) is 0 Å². The maximum Gasteiger partial charge on any atom is 0.0375 e. The third-order valence-electron chi connectivity index (χ3n) is 13.2. The number of hydrogen-bond donors (Lipinski definition) is 0. The van der Waals surface area contributed by atoms with Crippen LogP contribution >= 0.6 is 0 Å². The van der Waals surface area contributed by atoms with Crippen LogP contribution in [0.3, 0.4) is 0 Å². The highest BCUT2D eigenvalue weighted by Gasteiger charge is 2.09. The number of benzene rings is 6. The van der Waals surface area contributed by atoms with E-state index >= 15 is 0 Å². The summed E-state index contributed by atoms with van der Waals surface area (Å²) in [7, 11) is 0. The molecule has 526 valence electrons. The van der Waals surface area contributed by atoms with Crippen molar-refractivity contribution in [1.82, 2.24) is 29.9 Å². The first kappa shape index (κ1) is 94.7. The van der Waals surface area contributed by atoms with E-state index in [1.807, 2.05) is 260 Å². The number of rotatable bonds is 0. The van der Waals surface area contributed by atoms with Gasteiger partial charge in [-0.2, -0.15) is 0 Å². The Bertz CT molecular complexity index is 3510. The molecule has 0 aliphatic rings. The summed E-state index contributed by atoms with van der Waals surface area (Å²) in [6.07, 6.45) is 11.1. The monoisotopic (exact) mass is 1310 g/mol. The summed E-state index contributed by atoms with van der Waals surface area (Å²) in [5, 5.41) is 10.9. The fourth-order valence-corrected chi connectivity index (χ4v) is 8.97. The van der Waals surface area contributed by atoms with Crippen molar-refractivity contribution in [2.45, 2.75) is 228 Å². The molecule has 12 rings (SSSR count). The second-order valence-electron chi connectivity index (χ2n) is 21.2. The van der Waals surface area contributed by atoms with E-state index in [1.165, 1.54) is 104 Å². The number of nitrogens with zero attached hydrogens (tertiary/aromatic N) is 6. The maximum absolute atomic E-state index is 4.17. The van der Waals surface area contributed by atoms with E-state index in [0.29, 0.717) is 0 Å². The van der Waals surface area contributed by atoms with E-state index < -0.39 is 0 Å². The summed E-state index contributed by atoms with van der Waals surface area (Å²) in [5.74, 6) is 0. The highest BCUT2D eigenvalue weighted by atomic mass is 14.7. The molecule has 0 amide bonds. The molecule has 97 heavy (non-hydrogen) atoms. The molecule has 0 aliphatic carbocycles. The van der Waals surface area contributed by atoms with Crippen molar-refractivity contribution in [3.63, 3.8) is 0 Å². The van der Waals surface area contributed by atoms with Gasteiger partial charge in [-0.3, -0.25) is 29.9 Å². The molecule has 0 atom stereocenters. The Hall–Kier alpha value is -8.74. The highest BCUT2D eigenvalue weighted by molar-refractivity contribution is 6.06. The van der Waals surface area contributed by atoms with Crippen molar-refractivity contribution >= 4 is 43.1 Å². The number of hydrogen-bond acceptors (Lipinski definition) is 6. The van der Waals surface area contributed by atoms with Crippen molar-refractivity contribution in [2.75, 3.05) is 0 Å². The molecule has 0 fully saturated rings. The van der Waals surface area contributed by atoms with Gasteiger partial charge in [-0.05, 0) is 272 Å². The predicted molar refractivity (Wildman–Crippen MR) is 440 cm³/mol. The summed E-state index contributed by atoms with van der Waals surface area (Å²) in [4.78, 5) is 24.4. The summed E-state index contributed by atoms with van der Waals surface area (Å²) in [5.41, 5.74) is 20.8. The Kier molecular flexibility index (Phi) is 57.2. The summed E-state index contributed by atoms with van der Waals surface area (Å²) in [6.45, 7) is 67.2. The lowest BCUT2D eigenvalue weighted by atomic mass is 9.91. The molecule has 0 radical (unpaired) electrons. The van der Waals surface area contributed by atoms with Gasteiger partial charge in [0.2, 0.25) is 0 Å². The van der Waals surface area contributed by atoms with Crippen molar-refractivity contribution in [2.24, 2.45) is 0 Å². The second-order valence-corrected chi connectivity index (χ2v) is 21.2. The van der Waals surface area contributed by atoms with Crippen LogP contribution in [0.5, 0.6) is 0 Å². The summed E-state index contributed by atoms with van der Waals surface area (Å²) >= 11 is 0. The summed E-state index contributed by atoms with van der Waals surface area (Å²) in [6, 6.07) is 57.4. The zero-order chi connectivity index (χ0) is 75.0.